The van der Waals surface area contributed by atoms with Gasteiger partial charge in [0.15, 0.2) is 0 Å². The minimum atomic E-state index is 0.673. The molecule has 1 aliphatic rings. The highest BCUT2D eigenvalue weighted by Crippen LogP contribution is 2.30. The molecule has 5 unspecified atom stereocenters. The van der Waals surface area contributed by atoms with Gasteiger partial charge in [-0.1, -0.05) is 99.0 Å². The molecule has 0 aliphatic heterocycles. The first-order valence-electron chi connectivity index (χ1n) is 12.6. The maximum atomic E-state index is 2.55. The van der Waals surface area contributed by atoms with Crippen LogP contribution in [0.4, 0.5) is 0 Å². The summed E-state index contributed by atoms with van der Waals surface area (Å²) < 4.78 is 0. The van der Waals surface area contributed by atoms with Gasteiger partial charge in [-0.3, -0.25) is 0 Å². The van der Waals surface area contributed by atoms with Crippen LogP contribution in [0.25, 0.3) is 0 Å². The van der Waals surface area contributed by atoms with Crippen LogP contribution >= 0.6 is 0 Å². The van der Waals surface area contributed by atoms with E-state index < -0.39 is 0 Å². The Morgan fingerprint density at radius 1 is 0.643 bits per heavy atom. The van der Waals surface area contributed by atoms with Gasteiger partial charge in [-0.15, -0.1) is 0 Å². The Labute approximate surface area is 178 Å². The van der Waals surface area contributed by atoms with Crippen molar-refractivity contribution in [3.63, 3.8) is 0 Å². The van der Waals surface area contributed by atoms with E-state index in [1.54, 1.807) is 0 Å². The SMILES string of the molecule is CC(C)/C=C\C(C)C(C)CCC(C)C(C)CCC(C)/C=C/C1CCC(C)CC1. The minimum absolute atomic E-state index is 0.673. The molecule has 28 heavy (non-hydrogen) atoms. The first-order chi connectivity index (χ1) is 13.2. The van der Waals surface area contributed by atoms with Gasteiger partial charge >= 0.3 is 0 Å². The van der Waals surface area contributed by atoms with E-state index in [0.29, 0.717) is 11.8 Å². The largest absolute Gasteiger partial charge is 0.0857 e. The van der Waals surface area contributed by atoms with E-state index in [1.807, 2.05) is 0 Å². The number of hydrogen-bond donors (Lipinski definition) is 0. The van der Waals surface area contributed by atoms with E-state index >= 15 is 0 Å². The van der Waals surface area contributed by atoms with Crippen LogP contribution in [-0.4, -0.2) is 0 Å². The molecule has 1 saturated carbocycles. The van der Waals surface area contributed by atoms with Crippen LogP contribution in [0.1, 0.15) is 107 Å². The Kier molecular flexibility index (Phi) is 12.4. The second kappa shape index (κ2) is 13.7. The van der Waals surface area contributed by atoms with Gasteiger partial charge in [0.2, 0.25) is 0 Å². The van der Waals surface area contributed by atoms with Crippen molar-refractivity contribution in [3.8, 4) is 0 Å². The van der Waals surface area contributed by atoms with Crippen LogP contribution in [0, 0.1) is 47.3 Å². The van der Waals surface area contributed by atoms with Gasteiger partial charge in [-0.25, -0.2) is 0 Å². The fourth-order valence-corrected chi connectivity index (χ4v) is 4.39. The molecule has 0 heteroatoms. The van der Waals surface area contributed by atoms with Crippen molar-refractivity contribution in [2.24, 2.45) is 47.3 Å². The topological polar surface area (TPSA) is 0 Å². The Hall–Kier alpha value is -0.520. The zero-order chi connectivity index (χ0) is 21.1. The molecule has 0 amide bonds. The summed E-state index contributed by atoms with van der Waals surface area (Å²) in [6.45, 7) is 19.2. The molecule has 0 aromatic carbocycles. The van der Waals surface area contributed by atoms with Crippen LogP contribution in [0.5, 0.6) is 0 Å². The van der Waals surface area contributed by atoms with Crippen molar-refractivity contribution < 1.29 is 0 Å². The molecular weight excluding hydrogens is 336 g/mol. The summed E-state index contributed by atoms with van der Waals surface area (Å²) in [5.74, 6) is 6.44. The normalized spacial score (nSPS) is 26.6. The monoisotopic (exact) mass is 388 g/mol. The lowest BCUT2D eigenvalue weighted by Gasteiger charge is -2.25. The van der Waals surface area contributed by atoms with Gasteiger partial charge in [-0.05, 0) is 79.4 Å². The molecule has 5 atom stereocenters. The van der Waals surface area contributed by atoms with Gasteiger partial charge in [0.05, 0.1) is 0 Å². The predicted octanol–water partition coefficient (Wildman–Crippen LogP) is 9.32. The maximum absolute atomic E-state index is 2.55. The summed E-state index contributed by atoms with van der Waals surface area (Å²) in [5.41, 5.74) is 0. The molecule has 0 radical (unpaired) electrons. The Bertz CT molecular complexity index is 435. The molecule has 164 valence electrons. The zero-order valence-corrected chi connectivity index (χ0v) is 20.6. The molecule has 0 bridgehead atoms. The fourth-order valence-electron chi connectivity index (χ4n) is 4.39. The molecule has 0 aromatic heterocycles. The summed E-state index contributed by atoms with van der Waals surface area (Å²) in [6.07, 6.45) is 21.1. The Morgan fingerprint density at radius 3 is 1.75 bits per heavy atom. The molecule has 0 aromatic rings. The van der Waals surface area contributed by atoms with Crippen molar-refractivity contribution >= 4 is 0 Å². The summed E-state index contributed by atoms with van der Waals surface area (Å²) in [7, 11) is 0. The average Bonchev–Trinajstić information content (AvgIpc) is 2.67. The maximum Gasteiger partial charge on any atom is -0.0233 e. The van der Waals surface area contributed by atoms with Gasteiger partial charge in [0, 0.05) is 0 Å². The zero-order valence-electron chi connectivity index (χ0n) is 20.6. The molecule has 1 aliphatic carbocycles. The van der Waals surface area contributed by atoms with Crippen LogP contribution in [0.3, 0.4) is 0 Å². The summed E-state index contributed by atoms with van der Waals surface area (Å²) in [4.78, 5) is 0. The second-order valence-corrected chi connectivity index (χ2v) is 11.0. The quantitative estimate of drug-likeness (QED) is 0.292. The van der Waals surface area contributed by atoms with Gasteiger partial charge in [0.1, 0.15) is 0 Å². The van der Waals surface area contributed by atoms with Gasteiger partial charge in [-0.2, -0.15) is 0 Å². The highest BCUT2D eigenvalue weighted by molar-refractivity contribution is 4.93. The lowest BCUT2D eigenvalue weighted by molar-refractivity contribution is 0.289. The smallest absolute Gasteiger partial charge is 0.0233 e. The molecule has 0 saturated heterocycles. The van der Waals surface area contributed by atoms with Crippen molar-refractivity contribution in [2.45, 2.75) is 107 Å². The highest BCUT2D eigenvalue weighted by atomic mass is 14.2. The Morgan fingerprint density at radius 2 is 1.18 bits per heavy atom. The number of allylic oxidation sites excluding steroid dienone is 4. The molecule has 0 N–H and O–H groups in total. The Balaban J connectivity index is 2.25. The van der Waals surface area contributed by atoms with E-state index in [9.17, 15) is 0 Å². The summed E-state index contributed by atoms with van der Waals surface area (Å²) >= 11 is 0. The molecular formula is C28H52. The third-order valence-corrected chi connectivity index (χ3v) is 7.60. The molecule has 0 nitrogen and oxygen atoms in total. The number of hydrogen-bond acceptors (Lipinski definition) is 0. The van der Waals surface area contributed by atoms with Crippen molar-refractivity contribution in [2.75, 3.05) is 0 Å². The van der Waals surface area contributed by atoms with Crippen LogP contribution in [0.15, 0.2) is 24.3 Å². The van der Waals surface area contributed by atoms with E-state index in [1.165, 1.54) is 51.4 Å². The average molecular weight is 389 g/mol. The molecule has 1 fully saturated rings. The van der Waals surface area contributed by atoms with Crippen LogP contribution < -0.4 is 0 Å². The lowest BCUT2D eigenvalue weighted by Crippen LogP contribution is -2.13. The van der Waals surface area contributed by atoms with Gasteiger partial charge < -0.3 is 0 Å². The standard InChI is InChI=1S/C28H52/c1-21(2)9-14-24(5)26(7)16-17-27(8)25(6)15-10-22(3)11-18-28-19-12-23(4)13-20-28/h9,11,14,18,21-28H,10,12-13,15-17,19-20H2,1-8H3/b14-9-,18-11+. The summed E-state index contributed by atoms with van der Waals surface area (Å²) in [5, 5.41) is 0. The van der Waals surface area contributed by atoms with E-state index in [0.717, 1.165) is 35.5 Å². The lowest BCUT2D eigenvalue weighted by atomic mass is 9.81. The van der Waals surface area contributed by atoms with E-state index in [2.05, 4.69) is 79.7 Å². The molecule has 1 rings (SSSR count). The fraction of sp³-hybridized carbons (Fsp3) is 0.857. The van der Waals surface area contributed by atoms with Gasteiger partial charge in [0.25, 0.3) is 0 Å². The summed E-state index contributed by atoms with van der Waals surface area (Å²) in [6, 6.07) is 0. The van der Waals surface area contributed by atoms with Crippen molar-refractivity contribution in [1.29, 1.82) is 0 Å². The highest BCUT2D eigenvalue weighted by Gasteiger charge is 2.18. The van der Waals surface area contributed by atoms with Crippen LogP contribution in [-0.2, 0) is 0 Å². The predicted molar refractivity (Wildman–Crippen MR) is 129 cm³/mol. The van der Waals surface area contributed by atoms with Crippen molar-refractivity contribution in [3.05, 3.63) is 24.3 Å². The number of rotatable bonds is 12. The first-order valence-corrected chi connectivity index (χ1v) is 12.6. The van der Waals surface area contributed by atoms with E-state index in [4.69, 9.17) is 0 Å². The van der Waals surface area contributed by atoms with E-state index in [-0.39, 0.29) is 0 Å². The van der Waals surface area contributed by atoms with Crippen LogP contribution in [0.2, 0.25) is 0 Å². The first kappa shape index (κ1) is 25.5. The molecule has 0 spiro atoms. The third kappa shape index (κ3) is 10.9. The van der Waals surface area contributed by atoms with Crippen molar-refractivity contribution in [1.82, 2.24) is 0 Å². The minimum Gasteiger partial charge on any atom is -0.0857 e. The molecule has 0 heterocycles. The second-order valence-electron chi connectivity index (χ2n) is 11.0. The third-order valence-electron chi connectivity index (χ3n) is 7.60.